The first-order valence-electron chi connectivity index (χ1n) is 12.4. The summed E-state index contributed by atoms with van der Waals surface area (Å²) in [6.07, 6.45) is 8.81. The molecular weight excluding hydrogens is 435 g/mol. The van der Waals surface area contributed by atoms with Gasteiger partial charge in [0.15, 0.2) is 0 Å². The van der Waals surface area contributed by atoms with Crippen molar-refractivity contribution in [2.75, 3.05) is 31.1 Å². The van der Waals surface area contributed by atoms with Gasteiger partial charge >= 0.3 is 0 Å². The second kappa shape index (κ2) is 9.23. The minimum Gasteiger partial charge on any atom is -0.385 e. The monoisotopic (exact) mass is 470 g/mol. The molecule has 3 fully saturated rings. The number of morpholine rings is 1. The maximum Gasteiger partial charge on any atom is 0.253 e. The third-order valence-electron chi connectivity index (χ3n) is 7.72. The number of carbonyl (C=O) groups is 1. The zero-order chi connectivity index (χ0) is 23.8. The Hall–Kier alpha value is -2.58. The van der Waals surface area contributed by atoms with Crippen molar-refractivity contribution < 1.29 is 20.5 Å². The number of amides is 1. The van der Waals surface area contributed by atoms with Gasteiger partial charge in [-0.3, -0.25) is 4.79 Å². The van der Waals surface area contributed by atoms with Gasteiger partial charge in [0.05, 0.1) is 23.9 Å². The van der Waals surface area contributed by atoms with E-state index in [4.69, 9.17) is 4.74 Å². The van der Waals surface area contributed by atoms with Crippen LogP contribution in [0.3, 0.4) is 0 Å². The largest absolute Gasteiger partial charge is 0.385 e. The van der Waals surface area contributed by atoms with Crippen LogP contribution in [-0.4, -0.2) is 63.8 Å². The van der Waals surface area contributed by atoms with E-state index in [9.17, 15) is 14.3 Å². The Morgan fingerprint density at radius 3 is 2.56 bits per heavy atom. The Balaban J connectivity index is 0.00000289. The number of nitrogens with zero attached hydrogens (tertiary/aromatic N) is 4. The average Bonchev–Trinajstić information content (AvgIpc) is 3.31. The van der Waals surface area contributed by atoms with E-state index in [1.807, 2.05) is 6.07 Å². The van der Waals surface area contributed by atoms with Crippen molar-refractivity contribution in [2.45, 2.75) is 69.2 Å². The van der Waals surface area contributed by atoms with Crippen molar-refractivity contribution in [3.05, 3.63) is 53.6 Å². The van der Waals surface area contributed by atoms with Crippen LogP contribution in [0.1, 0.15) is 69.2 Å². The molecule has 1 amide bonds. The number of rotatable bonds is 4. The number of hydrogen-bond donors (Lipinski definition) is 1. The average molecular weight is 471 g/mol. The van der Waals surface area contributed by atoms with Crippen LogP contribution in [0, 0.1) is 5.82 Å². The molecule has 0 bridgehead atoms. The maximum absolute atomic E-state index is 14.9. The number of anilines is 1. The molecule has 1 aromatic heterocycles. The smallest absolute Gasteiger partial charge is 0.253 e. The number of piperidine rings is 1. The number of ether oxygens (including phenoxy) is 1. The molecule has 7 nitrogen and oxygen atoms in total. The van der Waals surface area contributed by atoms with Crippen molar-refractivity contribution in [1.29, 1.82) is 0 Å². The fraction of sp³-hybridized carbons (Fsp3) is 0.577. The van der Waals surface area contributed by atoms with E-state index in [0.717, 1.165) is 25.8 Å². The predicted molar refractivity (Wildman–Crippen MR) is 128 cm³/mol. The first kappa shape index (κ1) is 23.2. The van der Waals surface area contributed by atoms with Gasteiger partial charge in [-0.05, 0) is 50.3 Å². The molecule has 3 heterocycles. The molecule has 184 valence electrons. The highest BCUT2D eigenvalue weighted by atomic mass is 19.1. The summed E-state index contributed by atoms with van der Waals surface area (Å²) in [7, 11) is 0. The van der Waals surface area contributed by atoms with E-state index in [1.165, 1.54) is 6.07 Å². The van der Waals surface area contributed by atoms with Gasteiger partial charge in [0.25, 0.3) is 5.91 Å². The first-order valence-corrected chi connectivity index (χ1v) is 12.4. The zero-order valence-electron chi connectivity index (χ0n) is 19.8. The number of aromatic nitrogens is 2. The van der Waals surface area contributed by atoms with E-state index < -0.39 is 11.4 Å². The predicted octanol–water partition coefficient (Wildman–Crippen LogP) is 3.91. The SMILES string of the molecule is CCC1CN(c2ncccn2)CC2(CCN(C(=O)c3ccc(C4(O)CCCC4)c(F)c3)CC2)O1.[HH]. The molecule has 1 aliphatic carbocycles. The zero-order valence-corrected chi connectivity index (χ0v) is 19.8. The third-order valence-corrected chi connectivity index (χ3v) is 7.72. The highest BCUT2D eigenvalue weighted by Crippen LogP contribution is 2.40. The van der Waals surface area contributed by atoms with Gasteiger partial charge in [-0.25, -0.2) is 14.4 Å². The summed E-state index contributed by atoms with van der Waals surface area (Å²) in [6, 6.07) is 6.34. The topological polar surface area (TPSA) is 78.8 Å². The van der Waals surface area contributed by atoms with E-state index in [-0.39, 0.29) is 19.0 Å². The summed E-state index contributed by atoms with van der Waals surface area (Å²) in [4.78, 5) is 26.0. The van der Waals surface area contributed by atoms with Crippen molar-refractivity contribution >= 4 is 11.9 Å². The molecule has 0 radical (unpaired) electrons. The van der Waals surface area contributed by atoms with Crippen molar-refractivity contribution in [3.8, 4) is 0 Å². The molecule has 1 spiro atoms. The minimum absolute atomic E-state index is 0. The van der Waals surface area contributed by atoms with Crippen LogP contribution in [0.2, 0.25) is 0 Å². The van der Waals surface area contributed by atoms with Crippen molar-refractivity contribution in [2.24, 2.45) is 0 Å². The first-order chi connectivity index (χ1) is 16.4. The molecule has 1 aromatic carbocycles. The normalized spacial score (nSPS) is 23.9. The van der Waals surface area contributed by atoms with Gasteiger partial charge in [-0.2, -0.15) is 0 Å². The van der Waals surface area contributed by atoms with Crippen LogP contribution in [0.5, 0.6) is 0 Å². The molecule has 34 heavy (non-hydrogen) atoms. The second-order valence-corrected chi connectivity index (χ2v) is 9.99. The van der Waals surface area contributed by atoms with Gasteiger partial charge in [0.2, 0.25) is 5.95 Å². The van der Waals surface area contributed by atoms with Crippen LogP contribution < -0.4 is 4.90 Å². The fourth-order valence-electron chi connectivity index (χ4n) is 5.74. The molecule has 1 unspecified atom stereocenters. The summed E-state index contributed by atoms with van der Waals surface area (Å²) in [5.41, 5.74) is -0.820. The van der Waals surface area contributed by atoms with Gasteiger partial charge in [0, 0.05) is 44.6 Å². The minimum atomic E-state index is -1.11. The number of benzene rings is 1. The number of hydrogen-bond acceptors (Lipinski definition) is 6. The van der Waals surface area contributed by atoms with Crippen LogP contribution in [0.4, 0.5) is 10.3 Å². The van der Waals surface area contributed by atoms with Crippen LogP contribution >= 0.6 is 0 Å². The Labute approximate surface area is 201 Å². The summed E-state index contributed by atoms with van der Waals surface area (Å²) in [5.74, 6) is 0.0371. The third kappa shape index (κ3) is 4.41. The summed E-state index contributed by atoms with van der Waals surface area (Å²) < 4.78 is 21.4. The summed E-state index contributed by atoms with van der Waals surface area (Å²) in [5, 5.41) is 10.7. The van der Waals surface area contributed by atoms with Crippen molar-refractivity contribution in [3.63, 3.8) is 0 Å². The maximum atomic E-state index is 14.9. The summed E-state index contributed by atoms with van der Waals surface area (Å²) in [6.45, 7) is 4.66. The van der Waals surface area contributed by atoms with Crippen LogP contribution in [-0.2, 0) is 10.3 Å². The molecule has 2 aromatic rings. The lowest BCUT2D eigenvalue weighted by atomic mass is 9.87. The van der Waals surface area contributed by atoms with Crippen molar-refractivity contribution in [1.82, 2.24) is 14.9 Å². The van der Waals surface area contributed by atoms with Crippen LogP contribution in [0.25, 0.3) is 0 Å². The molecule has 2 saturated heterocycles. The number of aliphatic hydroxyl groups is 1. The number of likely N-dealkylation sites (tertiary alicyclic amines) is 1. The quantitative estimate of drug-likeness (QED) is 0.730. The molecule has 8 heteroatoms. The number of carbonyl (C=O) groups excluding carboxylic acids is 1. The highest BCUT2D eigenvalue weighted by molar-refractivity contribution is 5.94. The molecule has 1 N–H and O–H groups in total. The van der Waals surface area contributed by atoms with Gasteiger partial charge in [0.1, 0.15) is 5.82 Å². The standard InChI is InChI=1S/C26H33FN4O3.H2/c1-2-20-17-31(24-28-12-5-13-29-24)18-25(34-20)10-14-30(15-11-25)23(32)19-6-7-21(22(27)16-19)26(33)8-3-4-9-26;/h5-7,12-13,16,20,33H,2-4,8-11,14-15,17-18H2,1H3;1H. The Morgan fingerprint density at radius 2 is 1.91 bits per heavy atom. The molecular formula is C26H35FN4O3. The molecule has 5 rings (SSSR count). The number of halogens is 1. The van der Waals surface area contributed by atoms with E-state index >= 15 is 0 Å². The molecule has 3 aliphatic rings. The van der Waals surface area contributed by atoms with E-state index in [2.05, 4.69) is 21.8 Å². The van der Waals surface area contributed by atoms with E-state index in [1.54, 1.807) is 29.4 Å². The molecule has 2 aliphatic heterocycles. The lowest BCUT2D eigenvalue weighted by molar-refractivity contribution is -0.130. The highest BCUT2D eigenvalue weighted by Gasteiger charge is 2.44. The summed E-state index contributed by atoms with van der Waals surface area (Å²) >= 11 is 0. The van der Waals surface area contributed by atoms with Crippen LogP contribution in [0.15, 0.2) is 36.7 Å². The van der Waals surface area contributed by atoms with Gasteiger partial charge in [-0.1, -0.05) is 25.8 Å². The second-order valence-electron chi connectivity index (χ2n) is 9.99. The van der Waals surface area contributed by atoms with Gasteiger partial charge in [-0.15, -0.1) is 0 Å². The molecule has 1 saturated carbocycles. The lowest BCUT2D eigenvalue weighted by Gasteiger charge is -2.50. The lowest BCUT2D eigenvalue weighted by Crippen LogP contribution is -2.60. The molecule has 1 atom stereocenters. The fourth-order valence-corrected chi connectivity index (χ4v) is 5.74. The Bertz CT molecular complexity index is 1030. The van der Waals surface area contributed by atoms with E-state index in [0.29, 0.717) is 62.4 Å². The van der Waals surface area contributed by atoms with Gasteiger partial charge < -0.3 is 19.6 Å². The Kier molecular flexibility index (Phi) is 6.29. The Morgan fingerprint density at radius 1 is 1.21 bits per heavy atom.